The first kappa shape index (κ1) is 12.6. The van der Waals surface area contributed by atoms with Gasteiger partial charge in [-0.2, -0.15) is 0 Å². The zero-order chi connectivity index (χ0) is 12.3. The summed E-state index contributed by atoms with van der Waals surface area (Å²) in [5.41, 5.74) is 5.39. The number of anilines is 1. The molecule has 0 aromatic heterocycles. The second-order valence-electron chi connectivity index (χ2n) is 2.93. The van der Waals surface area contributed by atoms with Gasteiger partial charge >= 0.3 is 6.36 Å². The fourth-order valence-electron chi connectivity index (χ4n) is 1.10. The molecule has 0 saturated heterocycles. The summed E-state index contributed by atoms with van der Waals surface area (Å²) in [6, 6.07) is 3.39. The van der Waals surface area contributed by atoms with E-state index < -0.39 is 18.4 Å². The van der Waals surface area contributed by atoms with Crippen LogP contribution in [0.25, 0.3) is 0 Å². The zero-order valence-electron chi connectivity index (χ0n) is 8.28. The molecule has 90 valence electrons. The fourth-order valence-corrected chi connectivity index (χ4v) is 1.10. The molecule has 1 aromatic rings. The van der Waals surface area contributed by atoms with Crippen LogP contribution in [0, 0.1) is 0 Å². The Bertz CT molecular complexity index is 368. The number of nitrogens with two attached hydrogens (primary N) is 1. The lowest BCUT2D eigenvalue weighted by Crippen LogP contribution is -2.19. The van der Waals surface area contributed by atoms with Crippen LogP contribution in [0.2, 0.25) is 0 Å². The smallest absolute Gasteiger partial charge is 0.405 e. The molecule has 7 heteroatoms. The highest BCUT2D eigenvalue weighted by Gasteiger charge is 2.32. The Morgan fingerprint density at radius 2 is 2.00 bits per heavy atom. The summed E-state index contributed by atoms with van der Waals surface area (Å²) in [5.74, 6) is -0.545. The van der Waals surface area contributed by atoms with E-state index in [1.165, 1.54) is 6.07 Å². The van der Waals surface area contributed by atoms with Crippen molar-refractivity contribution in [3.63, 3.8) is 0 Å². The van der Waals surface area contributed by atoms with Gasteiger partial charge in [-0.05, 0) is 18.2 Å². The molecular weight excluding hydrogens is 227 g/mol. The third-order valence-electron chi connectivity index (χ3n) is 1.75. The van der Waals surface area contributed by atoms with Crippen molar-refractivity contribution in [2.45, 2.75) is 12.7 Å². The number of methoxy groups -OCH3 is 1. The van der Waals surface area contributed by atoms with Gasteiger partial charge < -0.3 is 20.3 Å². The number of benzene rings is 1. The molecule has 0 saturated carbocycles. The van der Waals surface area contributed by atoms with Crippen LogP contribution in [0.5, 0.6) is 5.75 Å². The molecule has 3 N–H and O–H groups in total. The molecule has 0 aliphatic carbocycles. The number of nitrogen functional groups attached to an aromatic ring is 1. The standard InChI is InChI=1S/C9H10F3NO3/c1-15-8(14)6-4-5(13)2-3-7(6)16-9(10,11)12/h2-4,8,14H,13H2,1H3. The lowest BCUT2D eigenvalue weighted by molar-refractivity contribution is -0.275. The molecule has 0 bridgehead atoms. The second kappa shape index (κ2) is 4.58. The number of halogens is 3. The van der Waals surface area contributed by atoms with E-state index in [1.54, 1.807) is 0 Å². The summed E-state index contributed by atoms with van der Waals surface area (Å²) in [5, 5.41) is 9.31. The van der Waals surface area contributed by atoms with E-state index in [9.17, 15) is 18.3 Å². The highest BCUT2D eigenvalue weighted by molar-refractivity contribution is 5.48. The molecule has 0 spiro atoms. The molecule has 0 aliphatic heterocycles. The van der Waals surface area contributed by atoms with Gasteiger partial charge in [0.05, 0.1) is 5.56 Å². The molecule has 4 nitrogen and oxygen atoms in total. The number of hydrogen-bond donors (Lipinski definition) is 2. The van der Waals surface area contributed by atoms with Crippen LogP contribution >= 0.6 is 0 Å². The molecule has 1 atom stereocenters. The summed E-state index contributed by atoms with van der Waals surface area (Å²) >= 11 is 0. The van der Waals surface area contributed by atoms with Crippen LogP contribution in [-0.4, -0.2) is 18.6 Å². The number of ether oxygens (including phenoxy) is 2. The van der Waals surface area contributed by atoms with Gasteiger partial charge in [0.1, 0.15) is 5.75 Å². The van der Waals surface area contributed by atoms with Crippen molar-refractivity contribution in [1.82, 2.24) is 0 Å². The first-order valence-corrected chi connectivity index (χ1v) is 4.19. The maximum atomic E-state index is 12.0. The van der Waals surface area contributed by atoms with Gasteiger partial charge in [-0.25, -0.2) is 0 Å². The first-order valence-electron chi connectivity index (χ1n) is 4.19. The number of aliphatic hydroxyl groups is 1. The van der Waals surface area contributed by atoms with Crippen molar-refractivity contribution in [3.8, 4) is 5.75 Å². The normalized spacial score (nSPS) is 13.6. The van der Waals surface area contributed by atoms with Crippen LogP contribution in [0.4, 0.5) is 18.9 Å². The first-order chi connectivity index (χ1) is 7.33. The molecule has 0 aliphatic rings. The van der Waals surface area contributed by atoms with E-state index in [-0.39, 0.29) is 11.3 Å². The minimum absolute atomic E-state index is 0.181. The van der Waals surface area contributed by atoms with Crippen molar-refractivity contribution in [3.05, 3.63) is 23.8 Å². The molecular formula is C9H10F3NO3. The average molecular weight is 237 g/mol. The largest absolute Gasteiger partial charge is 0.573 e. The third-order valence-corrected chi connectivity index (χ3v) is 1.75. The Morgan fingerprint density at radius 3 is 2.50 bits per heavy atom. The van der Waals surface area contributed by atoms with Gasteiger partial charge in [0, 0.05) is 12.8 Å². The molecule has 1 aromatic carbocycles. The quantitative estimate of drug-likeness (QED) is 0.621. The Labute approximate surface area is 89.4 Å². The van der Waals surface area contributed by atoms with Gasteiger partial charge in [0.15, 0.2) is 6.29 Å². The predicted molar refractivity (Wildman–Crippen MR) is 49.5 cm³/mol. The maximum absolute atomic E-state index is 12.0. The Morgan fingerprint density at radius 1 is 1.38 bits per heavy atom. The van der Waals surface area contributed by atoms with E-state index in [1.807, 2.05) is 0 Å². The van der Waals surface area contributed by atoms with Crippen LogP contribution < -0.4 is 10.5 Å². The molecule has 1 rings (SSSR count). The van der Waals surface area contributed by atoms with Crippen LogP contribution in [0.1, 0.15) is 11.9 Å². The molecule has 0 radical (unpaired) electrons. The molecule has 1 unspecified atom stereocenters. The Balaban J connectivity index is 3.07. The van der Waals surface area contributed by atoms with E-state index in [0.717, 1.165) is 19.2 Å². The summed E-state index contributed by atoms with van der Waals surface area (Å²) in [4.78, 5) is 0. The van der Waals surface area contributed by atoms with Gasteiger partial charge in [-0.1, -0.05) is 0 Å². The molecule has 0 heterocycles. The van der Waals surface area contributed by atoms with Gasteiger partial charge in [0.25, 0.3) is 0 Å². The van der Waals surface area contributed by atoms with Crippen molar-refractivity contribution < 1.29 is 27.8 Å². The summed E-state index contributed by atoms with van der Waals surface area (Å²) < 4.78 is 44.3. The van der Waals surface area contributed by atoms with Crippen LogP contribution in [-0.2, 0) is 4.74 Å². The van der Waals surface area contributed by atoms with Gasteiger partial charge in [0.2, 0.25) is 0 Å². The number of aliphatic hydroxyl groups excluding tert-OH is 1. The van der Waals surface area contributed by atoms with Crippen LogP contribution in [0.15, 0.2) is 18.2 Å². The fraction of sp³-hybridized carbons (Fsp3) is 0.333. The van der Waals surface area contributed by atoms with E-state index in [0.29, 0.717) is 0 Å². The van der Waals surface area contributed by atoms with Crippen molar-refractivity contribution in [2.24, 2.45) is 0 Å². The zero-order valence-corrected chi connectivity index (χ0v) is 8.28. The number of alkyl halides is 3. The minimum Gasteiger partial charge on any atom is -0.405 e. The predicted octanol–water partition coefficient (Wildman–Crippen LogP) is 1.80. The third kappa shape index (κ3) is 3.28. The van der Waals surface area contributed by atoms with E-state index in [4.69, 9.17) is 5.73 Å². The molecule has 0 fully saturated rings. The Kier molecular flexibility index (Phi) is 3.61. The van der Waals surface area contributed by atoms with Crippen molar-refractivity contribution >= 4 is 5.69 Å². The lowest BCUT2D eigenvalue weighted by Gasteiger charge is -2.16. The SMILES string of the molecule is COC(O)c1cc(N)ccc1OC(F)(F)F. The second-order valence-corrected chi connectivity index (χ2v) is 2.93. The summed E-state index contributed by atoms with van der Waals surface area (Å²) in [7, 11) is 1.14. The minimum atomic E-state index is -4.83. The van der Waals surface area contributed by atoms with E-state index in [2.05, 4.69) is 9.47 Å². The maximum Gasteiger partial charge on any atom is 0.573 e. The highest BCUT2D eigenvalue weighted by atomic mass is 19.4. The van der Waals surface area contributed by atoms with Crippen molar-refractivity contribution in [2.75, 3.05) is 12.8 Å². The van der Waals surface area contributed by atoms with Gasteiger partial charge in [-0.15, -0.1) is 13.2 Å². The van der Waals surface area contributed by atoms with Crippen molar-refractivity contribution in [1.29, 1.82) is 0 Å². The topological polar surface area (TPSA) is 64.7 Å². The summed E-state index contributed by atoms with van der Waals surface area (Å²) in [6.45, 7) is 0. The number of hydrogen-bond acceptors (Lipinski definition) is 4. The monoisotopic (exact) mass is 237 g/mol. The lowest BCUT2D eigenvalue weighted by atomic mass is 10.1. The highest BCUT2D eigenvalue weighted by Crippen LogP contribution is 2.32. The van der Waals surface area contributed by atoms with E-state index >= 15 is 0 Å². The molecule has 0 amide bonds. The molecule has 16 heavy (non-hydrogen) atoms. The van der Waals surface area contributed by atoms with Gasteiger partial charge in [-0.3, -0.25) is 0 Å². The summed E-state index contributed by atoms with van der Waals surface area (Å²) in [6.07, 6.45) is -6.36. The Hall–Kier alpha value is -1.47. The number of rotatable bonds is 3. The van der Waals surface area contributed by atoms with Crippen LogP contribution in [0.3, 0.4) is 0 Å². The average Bonchev–Trinajstić information content (AvgIpc) is 2.17.